The number of hydrogen-bond donors (Lipinski definition) is 1. The van der Waals surface area contributed by atoms with Crippen LogP contribution in [0.15, 0.2) is 6.33 Å². The van der Waals surface area contributed by atoms with E-state index in [9.17, 15) is 0 Å². The van der Waals surface area contributed by atoms with Crippen molar-refractivity contribution in [1.29, 1.82) is 0 Å². The summed E-state index contributed by atoms with van der Waals surface area (Å²) in [7, 11) is -1.04. The fraction of sp³-hybridized carbons (Fsp3) is 0.786. The minimum Gasteiger partial charge on any atom is -0.412 e. The van der Waals surface area contributed by atoms with Crippen LogP contribution < -0.4 is 0 Å². The molecule has 0 aliphatic rings. The maximum atomic E-state index is 6.19. The molecule has 0 aliphatic carbocycles. The van der Waals surface area contributed by atoms with Crippen LogP contribution in [-0.2, 0) is 10.8 Å². The van der Waals surface area contributed by atoms with Crippen molar-refractivity contribution in [2.45, 2.75) is 66.2 Å². The van der Waals surface area contributed by atoms with Crippen molar-refractivity contribution in [1.82, 2.24) is 9.97 Å². The first kappa shape index (κ1) is 15.4. The van der Waals surface area contributed by atoms with Gasteiger partial charge in [-0.1, -0.05) is 27.7 Å². The van der Waals surface area contributed by atoms with Gasteiger partial charge in [0.25, 0.3) is 0 Å². The van der Waals surface area contributed by atoms with E-state index in [-0.39, 0.29) is 6.10 Å². The molecule has 1 aromatic rings. The van der Waals surface area contributed by atoms with Gasteiger partial charge < -0.3 is 9.41 Å². The molecule has 0 saturated carbocycles. The van der Waals surface area contributed by atoms with Crippen LogP contribution >= 0.6 is 0 Å². The normalized spacial score (nSPS) is 14.2. The summed E-state index contributed by atoms with van der Waals surface area (Å²) in [4.78, 5) is 7.71. The van der Waals surface area contributed by atoms with E-state index in [1.807, 2.05) is 0 Å². The number of aromatic amines is 1. The minimum absolute atomic E-state index is 0.178. The predicted octanol–water partition coefficient (Wildman–Crippen LogP) is 3.84. The second-order valence-corrected chi connectivity index (χ2v) is 8.76. The van der Waals surface area contributed by atoms with Crippen LogP contribution in [0.5, 0.6) is 0 Å². The lowest BCUT2D eigenvalue weighted by Crippen LogP contribution is -2.18. The van der Waals surface area contributed by atoms with Crippen molar-refractivity contribution in [3.8, 4) is 0 Å². The van der Waals surface area contributed by atoms with E-state index in [1.165, 1.54) is 5.69 Å². The molecule has 0 fully saturated rings. The van der Waals surface area contributed by atoms with Crippen LogP contribution in [0.25, 0.3) is 0 Å². The fourth-order valence-corrected chi connectivity index (χ4v) is 2.98. The zero-order valence-electron chi connectivity index (χ0n) is 12.7. The number of H-pyrrole nitrogens is 1. The summed E-state index contributed by atoms with van der Waals surface area (Å²) in [6, 6.07) is 0. The molecule has 4 heteroatoms. The zero-order chi connectivity index (χ0) is 13.8. The van der Waals surface area contributed by atoms with Crippen LogP contribution in [0, 0.1) is 5.41 Å². The lowest BCUT2D eigenvalue weighted by atomic mass is 9.88. The van der Waals surface area contributed by atoms with Crippen molar-refractivity contribution in [3.63, 3.8) is 0 Å². The van der Waals surface area contributed by atoms with E-state index >= 15 is 0 Å². The molecule has 0 bridgehead atoms. The summed E-state index contributed by atoms with van der Waals surface area (Å²) in [5, 5.41) is 0. The van der Waals surface area contributed by atoms with Gasteiger partial charge in [0, 0.05) is 5.69 Å². The average Bonchev–Trinajstić information content (AvgIpc) is 2.70. The summed E-state index contributed by atoms with van der Waals surface area (Å²) in [6.07, 6.45) is 5.19. The van der Waals surface area contributed by atoms with E-state index in [2.05, 4.69) is 50.8 Å². The number of hydrogen-bond acceptors (Lipinski definition) is 2. The molecule has 1 atom stereocenters. The van der Waals surface area contributed by atoms with E-state index in [4.69, 9.17) is 4.43 Å². The number of imidazole rings is 1. The van der Waals surface area contributed by atoms with Crippen LogP contribution in [0.2, 0.25) is 13.1 Å². The maximum absolute atomic E-state index is 6.19. The van der Waals surface area contributed by atoms with Crippen molar-refractivity contribution in [3.05, 3.63) is 17.7 Å². The molecule has 1 heterocycles. The molecule has 0 aromatic carbocycles. The number of nitrogens with zero attached hydrogens (tertiary/aromatic N) is 1. The topological polar surface area (TPSA) is 37.9 Å². The van der Waals surface area contributed by atoms with Crippen LogP contribution in [0.3, 0.4) is 0 Å². The summed E-state index contributed by atoms with van der Waals surface area (Å²) in [5.41, 5.74) is 2.70. The van der Waals surface area contributed by atoms with Gasteiger partial charge in [-0.3, -0.25) is 0 Å². The Labute approximate surface area is 113 Å². The second kappa shape index (κ2) is 6.52. The third kappa shape index (κ3) is 4.94. The SMILES string of the molecule is CCc1[nH]cnc1C(CCC(C)(C)C)O[SiH](C)C. The third-order valence-electron chi connectivity index (χ3n) is 3.00. The van der Waals surface area contributed by atoms with Gasteiger partial charge in [-0.2, -0.15) is 0 Å². The average molecular weight is 268 g/mol. The highest BCUT2D eigenvalue weighted by Crippen LogP contribution is 2.30. The highest BCUT2D eigenvalue weighted by Gasteiger charge is 2.22. The number of aryl methyl sites for hydroxylation is 1. The molecule has 18 heavy (non-hydrogen) atoms. The Morgan fingerprint density at radius 3 is 2.56 bits per heavy atom. The Hall–Kier alpha value is -0.613. The summed E-state index contributed by atoms with van der Waals surface area (Å²) < 4.78 is 6.19. The highest BCUT2D eigenvalue weighted by atomic mass is 28.3. The zero-order valence-corrected chi connectivity index (χ0v) is 13.9. The first-order chi connectivity index (χ1) is 8.33. The van der Waals surface area contributed by atoms with Gasteiger partial charge in [0.1, 0.15) is 0 Å². The molecule has 0 aliphatic heterocycles. The first-order valence-electron chi connectivity index (χ1n) is 7.01. The molecule has 1 N–H and O–H groups in total. The van der Waals surface area contributed by atoms with Crippen molar-refractivity contribution < 1.29 is 4.43 Å². The minimum atomic E-state index is -1.04. The fourth-order valence-electron chi connectivity index (χ4n) is 2.05. The van der Waals surface area contributed by atoms with Gasteiger partial charge in [0.05, 0.1) is 18.1 Å². The van der Waals surface area contributed by atoms with E-state index < -0.39 is 9.04 Å². The van der Waals surface area contributed by atoms with Crippen molar-refractivity contribution in [2.24, 2.45) is 5.41 Å². The van der Waals surface area contributed by atoms with Gasteiger partial charge in [-0.25, -0.2) is 4.98 Å². The van der Waals surface area contributed by atoms with Crippen LogP contribution in [0.4, 0.5) is 0 Å². The van der Waals surface area contributed by atoms with Crippen molar-refractivity contribution in [2.75, 3.05) is 0 Å². The lowest BCUT2D eigenvalue weighted by molar-refractivity contribution is 0.169. The quantitative estimate of drug-likeness (QED) is 0.796. The maximum Gasteiger partial charge on any atom is 0.171 e. The van der Waals surface area contributed by atoms with Gasteiger partial charge in [0.2, 0.25) is 0 Å². The molecular weight excluding hydrogens is 240 g/mol. The van der Waals surface area contributed by atoms with E-state index in [0.29, 0.717) is 5.41 Å². The molecule has 104 valence electrons. The summed E-state index contributed by atoms with van der Waals surface area (Å²) >= 11 is 0. The Morgan fingerprint density at radius 1 is 1.39 bits per heavy atom. The second-order valence-electron chi connectivity index (χ2n) is 6.39. The summed E-state index contributed by atoms with van der Waals surface area (Å²) in [5.74, 6) is 0. The molecule has 0 spiro atoms. The molecule has 0 saturated heterocycles. The molecule has 0 radical (unpaired) electrons. The Kier molecular flexibility index (Phi) is 5.60. The third-order valence-corrected chi connectivity index (χ3v) is 3.88. The number of rotatable bonds is 6. The number of nitrogens with one attached hydrogen (secondary N) is 1. The standard InChI is InChI=1S/C14H28N2OSi/c1-7-11-13(16-10-15-11)12(17-18(5)6)8-9-14(2,3)4/h10,12,18H,7-9H2,1-6H3,(H,15,16). The van der Waals surface area contributed by atoms with Gasteiger partial charge in [-0.15, -0.1) is 0 Å². The highest BCUT2D eigenvalue weighted by molar-refractivity contribution is 6.48. The Bertz CT molecular complexity index is 355. The molecule has 1 aromatic heterocycles. The van der Waals surface area contributed by atoms with Gasteiger partial charge in [0.15, 0.2) is 9.04 Å². The van der Waals surface area contributed by atoms with E-state index in [0.717, 1.165) is 25.0 Å². The lowest BCUT2D eigenvalue weighted by Gasteiger charge is -2.24. The smallest absolute Gasteiger partial charge is 0.171 e. The van der Waals surface area contributed by atoms with Gasteiger partial charge >= 0.3 is 0 Å². The van der Waals surface area contributed by atoms with Crippen LogP contribution in [-0.4, -0.2) is 19.0 Å². The van der Waals surface area contributed by atoms with Crippen LogP contribution in [0.1, 0.15) is 58.0 Å². The number of aromatic nitrogens is 2. The largest absolute Gasteiger partial charge is 0.412 e. The summed E-state index contributed by atoms with van der Waals surface area (Å²) in [6.45, 7) is 13.4. The first-order valence-corrected chi connectivity index (χ1v) is 9.79. The Morgan fingerprint density at radius 2 is 2.06 bits per heavy atom. The Balaban J connectivity index is 2.78. The molecule has 1 rings (SSSR count). The predicted molar refractivity (Wildman–Crippen MR) is 79.4 cm³/mol. The van der Waals surface area contributed by atoms with Crippen molar-refractivity contribution >= 4 is 9.04 Å². The molecule has 3 nitrogen and oxygen atoms in total. The van der Waals surface area contributed by atoms with Gasteiger partial charge in [-0.05, 0) is 37.8 Å². The molecular formula is C14H28N2OSi. The molecule has 1 unspecified atom stereocenters. The monoisotopic (exact) mass is 268 g/mol. The molecule has 0 amide bonds. The van der Waals surface area contributed by atoms with E-state index in [1.54, 1.807) is 6.33 Å².